The zero-order valence-electron chi connectivity index (χ0n) is 10.3. The summed E-state index contributed by atoms with van der Waals surface area (Å²) in [6.45, 7) is 3.51. The van der Waals surface area contributed by atoms with E-state index < -0.39 is 11.8 Å². The van der Waals surface area contributed by atoms with Crippen molar-refractivity contribution in [3.63, 3.8) is 0 Å². The first-order valence-corrected chi connectivity index (χ1v) is 5.96. The third-order valence-corrected chi connectivity index (χ3v) is 2.83. The van der Waals surface area contributed by atoms with Crippen LogP contribution in [-0.2, 0) is 4.74 Å². The predicted molar refractivity (Wildman–Crippen MR) is 67.5 cm³/mol. The molecule has 0 unspecified atom stereocenters. The van der Waals surface area contributed by atoms with Gasteiger partial charge in [0.25, 0.3) is 0 Å². The zero-order valence-corrected chi connectivity index (χ0v) is 11.1. The van der Waals surface area contributed by atoms with Crippen LogP contribution in [0.25, 0.3) is 11.3 Å². The van der Waals surface area contributed by atoms with Crippen LogP contribution in [0, 0.1) is 12.7 Å². The van der Waals surface area contributed by atoms with Gasteiger partial charge in [0.2, 0.25) is 0 Å². The molecule has 0 fully saturated rings. The average Bonchev–Trinajstić information content (AvgIpc) is 2.83. The fourth-order valence-corrected chi connectivity index (χ4v) is 1.84. The smallest absolute Gasteiger partial charge is 0.361 e. The topological polar surface area (TPSA) is 67.9 Å². The van der Waals surface area contributed by atoms with Gasteiger partial charge in [-0.05, 0) is 31.5 Å². The number of halogens is 2. The number of nitrogens with zero attached hydrogens (tertiary/aromatic N) is 2. The van der Waals surface area contributed by atoms with Crippen molar-refractivity contribution in [2.75, 3.05) is 6.61 Å². The number of carbonyl (C=O) groups is 1. The summed E-state index contributed by atoms with van der Waals surface area (Å²) in [7, 11) is 0. The van der Waals surface area contributed by atoms with Crippen LogP contribution in [-0.4, -0.2) is 28.0 Å². The monoisotopic (exact) mass is 283 g/mol. The maximum Gasteiger partial charge on any atom is 0.361 e. The lowest BCUT2D eigenvalue weighted by molar-refractivity contribution is 0.0520. The van der Waals surface area contributed by atoms with Crippen molar-refractivity contribution in [3.8, 4) is 11.3 Å². The molecule has 1 aromatic heterocycles. The van der Waals surface area contributed by atoms with Gasteiger partial charge in [0, 0.05) is 5.56 Å². The summed E-state index contributed by atoms with van der Waals surface area (Å²) in [5, 5.41) is 10.1. The molecule has 1 heterocycles. The van der Waals surface area contributed by atoms with E-state index >= 15 is 0 Å². The van der Waals surface area contributed by atoms with Gasteiger partial charge in [0.05, 0.1) is 11.6 Å². The molecule has 0 amide bonds. The van der Waals surface area contributed by atoms with Crippen LogP contribution in [0.5, 0.6) is 0 Å². The Balaban J connectivity index is 2.51. The largest absolute Gasteiger partial charge is 0.461 e. The number of aryl methyl sites for hydroxylation is 1. The highest BCUT2D eigenvalue weighted by Gasteiger charge is 2.21. The molecule has 100 valence electrons. The van der Waals surface area contributed by atoms with E-state index in [0.717, 1.165) is 0 Å². The maximum absolute atomic E-state index is 13.4. The van der Waals surface area contributed by atoms with Crippen LogP contribution in [0.4, 0.5) is 4.39 Å². The number of aromatic nitrogens is 3. The second kappa shape index (κ2) is 5.36. The van der Waals surface area contributed by atoms with Crippen molar-refractivity contribution in [1.29, 1.82) is 0 Å². The van der Waals surface area contributed by atoms with Crippen LogP contribution >= 0.6 is 11.6 Å². The molecule has 2 aromatic rings. The normalized spacial score (nSPS) is 10.5. The maximum atomic E-state index is 13.4. The van der Waals surface area contributed by atoms with Crippen molar-refractivity contribution in [2.45, 2.75) is 13.8 Å². The second-order valence-corrected chi connectivity index (χ2v) is 4.23. The van der Waals surface area contributed by atoms with E-state index in [1.54, 1.807) is 13.8 Å². The average molecular weight is 284 g/mol. The predicted octanol–water partition coefficient (Wildman–Crippen LogP) is 2.75. The van der Waals surface area contributed by atoms with Crippen LogP contribution in [0.1, 0.15) is 23.0 Å². The van der Waals surface area contributed by atoms with Crippen LogP contribution in [0.15, 0.2) is 12.1 Å². The SMILES string of the molecule is CCOC(=O)c1n[nH]nc1-c1cc(C)c(F)cc1Cl. The molecule has 0 saturated carbocycles. The molecule has 0 aliphatic carbocycles. The molecule has 19 heavy (non-hydrogen) atoms. The van der Waals surface area contributed by atoms with Crippen LogP contribution < -0.4 is 0 Å². The Kier molecular flexibility index (Phi) is 3.80. The second-order valence-electron chi connectivity index (χ2n) is 3.82. The minimum atomic E-state index is -0.607. The lowest BCUT2D eigenvalue weighted by atomic mass is 10.1. The fraction of sp³-hybridized carbons (Fsp3) is 0.250. The van der Waals surface area contributed by atoms with E-state index in [0.29, 0.717) is 11.1 Å². The molecule has 5 nitrogen and oxygen atoms in total. The van der Waals surface area contributed by atoms with Gasteiger partial charge in [-0.1, -0.05) is 11.6 Å². The fourth-order valence-electron chi connectivity index (χ4n) is 1.60. The molecule has 2 rings (SSSR count). The Bertz CT molecular complexity index is 627. The number of rotatable bonds is 3. The van der Waals surface area contributed by atoms with Gasteiger partial charge in [-0.3, -0.25) is 0 Å². The molecule has 0 bridgehead atoms. The number of carbonyl (C=O) groups excluding carboxylic acids is 1. The van der Waals surface area contributed by atoms with Gasteiger partial charge in [-0.25, -0.2) is 9.18 Å². The number of nitrogens with one attached hydrogen (secondary N) is 1. The number of H-pyrrole nitrogens is 1. The standard InChI is InChI=1S/C12H11ClFN3O2/c1-3-19-12(18)11-10(15-17-16-11)7-4-6(2)9(14)5-8(7)13/h4-5H,3H2,1-2H3,(H,15,16,17). The van der Waals surface area contributed by atoms with Crippen molar-refractivity contribution in [1.82, 2.24) is 15.4 Å². The number of hydrogen-bond acceptors (Lipinski definition) is 4. The minimum Gasteiger partial charge on any atom is -0.461 e. The zero-order chi connectivity index (χ0) is 14.0. The Hall–Kier alpha value is -1.95. The van der Waals surface area contributed by atoms with Gasteiger partial charge in [-0.15, -0.1) is 5.10 Å². The molecule has 0 aliphatic rings. The molecule has 0 spiro atoms. The van der Waals surface area contributed by atoms with E-state index in [9.17, 15) is 9.18 Å². The summed E-state index contributed by atoms with van der Waals surface area (Å²) in [5.41, 5.74) is 1.09. The highest BCUT2D eigenvalue weighted by Crippen LogP contribution is 2.30. The Morgan fingerprint density at radius 1 is 1.47 bits per heavy atom. The number of ether oxygens (including phenoxy) is 1. The Labute approximate surface area is 113 Å². The Morgan fingerprint density at radius 2 is 2.21 bits per heavy atom. The van der Waals surface area contributed by atoms with Crippen LogP contribution in [0.3, 0.4) is 0 Å². The third kappa shape index (κ3) is 2.58. The van der Waals surface area contributed by atoms with E-state index in [2.05, 4.69) is 15.4 Å². The molecular formula is C12H11ClFN3O2. The quantitative estimate of drug-likeness (QED) is 0.880. The highest BCUT2D eigenvalue weighted by molar-refractivity contribution is 6.33. The summed E-state index contributed by atoms with van der Waals surface area (Å²) in [6, 6.07) is 2.69. The summed E-state index contributed by atoms with van der Waals surface area (Å²) < 4.78 is 18.2. The number of hydrogen-bond donors (Lipinski definition) is 1. The van der Waals surface area contributed by atoms with Crippen molar-refractivity contribution >= 4 is 17.6 Å². The number of esters is 1. The lowest BCUT2D eigenvalue weighted by Crippen LogP contribution is -2.07. The molecule has 1 aromatic carbocycles. The van der Waals surface area contributed by atoms with E-state index in [1.807, 2.05) is 0 Å². The first-order valence-electron chi connectivity index (χ1n) is 5.58. The van der Waals surface area contributed by atoms with Gasteiger partial charge in [0.1, 0.15) is 11.5 Å². The van der Waals surface area contributed by atoms with Gasteiger partial charge < -0.3 is 4.74 Å². The van der Waals surface area contributed by atoms with E-state index in [-0.39, 0.29) is 23.0 Å². The van der Waals surface area contributed by atoms with E-state index in [1.165, 1.54) is 12.1 Å². The van der Waals surface area contributed by atoms with Gasteiger partial charge in [0.15, 0.2) is 5.69 Å². The van der Waals surface area contributed by atoms with Gasteiger partial charge >= 0.3 is 5.97 Å². The summed E-state index contributed by atoms with van der Waals surface area (Å²) in [5.74, 6) is -1.03. The molecule has 0 atom stereocenters. The first kappa shape index (κ1) is 13.5. The van der Waals surface area contributed by atoms with Crippen LogP contribution in [0.2, 0.25) is 5.02 Å². The van der Waals surface area contributed by atoms with Crippen molar-refractivity contribution < 1.29 is 13.9 Å². The molecular weight excluding hydrogens is 273 g/mol. The molecule has 7 heteroatoms. The van der Waals surface area contributed by atoms with Gasteiger partial charge in [-0.2, -0.15) is 10.3 Å². The summed E-state index contributed by atoms with van der Waals surface area (Å²) >= 11 is 5.97. The number of aromatic amines is 1. The molecule has 0 saturated heterocycles. The molecule has 0 radical (unpaired) electrons. The molecule has 1 N–H and O–H groups in total. The van der Waals surface area contributed by atoms with E-state index in [4.69, 9.17) is 16.3 Å². The first-order chi connectivity index (χ1) is 9.04. The Morgan fingerprint density at radius 3 is 2.89 bits per heavy atom. The third-order valence-electron chi connectivity index (χ3n) is 2.52. The lowest BCUT2D eigenvalue weighted by Gasteiger charge is -2.05. The summed E-state index contributed by atoms with van der Waals surface area (Å²) in [4.78, 5) is 11.7. The highest BCUT2D eigenvalue weighted by atomic mass is 35.5. The number of benzene rings is 1. The van der Waals surface area contributed by atoms with Crippen molar-refractivity contribution in [2.24, 2.45) is 0 Å². The molecule has 0 aliphatic heterocycles. The van der Waals surface area contributed by atoms with Crippen molar-refractivity contribution in [3.05, 3.63) is 34.2 Å². The minimum absolute atomic E-state index is 0.0229. The summed E-state index contributed by atoms with van der Waals surface area (Å²) in [6.07, 6.45) is 0.